The first kappa shape index (κ1) is 26.5. The number of methoxy groups -OCH3 is 1. The molecule has 0 aliphatic heterocycles. The van der Waals surface area contributed by atoms with E-state index < -0.39 is 30.3 Å². The van der Waals surface area contributed by atoms with Crippen molar-refractivity contribution in [3.8, 4) is 0 Å². The molecule has 2 heterocycles. The molecular weight excluding hydrogens is 545 g/mol. The van der Waals surface area contributed by atoms with E-state index in [1.807, 2.05) is 0 Å². The number of allylic oxidation sites excluding steroid dienone is 1. The van der Waals surface area contributed by atoms with Gasteiger partial charge in [-0.15, -0.1) is 11.3 Å². The van der Waals surface area contributed by atoms with Crippen molar-refractivity contribution in [3.63, 3.8) is 0 Å². The van der Waals surface area contributed by atoms with E-state index >= 15 is 0 Å². The number of nitrogens with one attached hydrogen (secondary N) is 1. The van der Waals surface area contributed by atoms with Crippen molar-refractivity contribution in [2.24, 2.45) is 0 Å². The summed E-state index contributed by atoms with van der Waals surface area (Å²) >= 11 is 7.37. The van der Waals surface area contributed by atoms with Gasteiger partial charge in [0.2, 0.25) is 0 Å². The lowest BCUT2D eigenvalue weighted by Crippen LogP contribution is -2.21. The molecule has 1 amide bonds. The number of carbonyl (C=O) groups is 3. The molecule has 0 atom stereocenters. The number of ether oxygens (including phenoxy) is 2. The third-order valence-electron chi connectivity index (χ3n) is 6.15. The molecule has 0 fully saturated rings. The molecule has 198 valence electrons. The fraction of sp³-hybridized carbons (Fsp3) is 0.179. The summed E-state index contributed by atoms with van der Waals surface area (Å²) in [5, 5.41) is 5.34. The van der Waals surface area contributed by atoms with E-state index in [-0.39, 0.29) is 22.1 Å². The molecule has 4 aromatic rings. The van der Waals surface area contributed by atoms with Gasteiger partial charge in [0, 0.05) is 16.3 Å². The first-order valence-electron chi connectivity index (χ1n) is 11.9. The third kappa shape index (κ3) is 5.67. The highest BCUT2D eigenvalue weighted by Gasteiger charge is 2.28. The zero-order valence-corrected chi connectivity index (χ0v) is 22.2. The van der Waals surface area contributed by atoms with Crippen molar-refractivity contribution in [2.45, 2.75) is 19.3 Å². The Hall–Kier alpha value is -4.15. The Morgan fingerprint density at radius 3 is 2.74 bits per heavy atom. The zero-order chi connectivity index (χ0) is 27.5. The lowest BCUT2D eigenvalue weighted by Gasteiger charge is -2.12. The Kier molecular flexibility index (Phi) is 7.67. The van der Waals surface area contributed by atoms with Gasteiger partial charge in [-0.2, -0.15) is 0 Å². The number of hydrogen-bond acceptors (Lipinski definition) is 8. The smallest absolute Gasteiger partial charge is 0.339 e. The van der Waals surface area contributed by atoms with Gasteiger partial charge in [-0.1, -0.05) is 35.9 Å². The van der Waals surface area contributed by atoms with Gasteiger partial charge in [0.25, 0.3) is 5.91 Å². The van der Waals surface area contributed by atoms with Gasteiger partial charge in [0.05, 0.1) is 41.0 Å². The summed E-state index contributed by atoms with van der Waals surface area (Å²) in [5.41, 5.74) is 3.60. The highest BCUT2D eigenvalue weighted by atomic mass is 35.5. The van der Waals surface area contributed by atoms with Crippen molar-refractivity contribution < 1.29 is 28.2 Å². The maximum absolute atomic E-state index is 14.5. The van der Waals surface area contributed by atoms with Crippen molar-refractivity contribution >= 4 is 68.5 Å². The van der Waals surface area contributed by atoms with Crippen molar-refractivity contribution in [2.75, 3.05) is 19.0 Å². The monoisotopic (exact) mass is 565 g/mol. The van der Waals surface area contributed by atoms with Gasteiger partial charge in [-0.25, -0.2) is 19.2 Å². The molecule has 0 bridgehead atoms. The number of halogens is 2. The molecule has 0 saturated carbocycles. The summed E-state index contributed by atoms with van der Waals surface area (Å²) in [6.07, 6.45) is 2.67. The van der Waals surface area contributed by atoms with Crippen molar-refractivity contribution in [1.29, 1.82) is 0 Å². The molecular formula is C28H21ClFN3O5S. The molecule has 2 aromatic heterocycles. The summed E-state index contributed by atoms with van der Waals surface area (Å²) in [6, 6.07) is 11.6. The van der Waals surface area contributed by atoms with Gasteiger partial charge in [-0.3, -0.25) is 14.9 Å². The van der Waals surface area contributed by atoms with E-state index in [2.05, 4.69) is 15.0 Å². The molecule has 8 nitrogen and oxygen atoms in total. The topological polar surface area (TPSA) is 107 Å². The first-order valence-corrected chi connectivity index (χ1v) is 13.1. The van der Waals surface area contributed by atoms with Crippen LogP contribution in [0.1, 0.15) is 39.3 Å². The number of hydrogen-bond donors (Lipinski definition) is 1. The molecule has 1 N–H and O–H groups in total. The van der Waals surface area contributed by atoms with Gasteiger partial charge in [-0.05, 0) is 48.3 Å². The van der Waals surface area contributed by atoms with Crippen LogP contribution < -0.4 is 5.32 Å². The van der Waals surface area contributed by atoms with Crippen LogP contribution >= 0.6 is 22.9 Å². The summed E-state index contributed by atoms with van der Waals surface area (Å²) < 4.78 is 24.5. The quantitative estimate of drug-likeness (QED) is 0.296. The predicted molar refractivity (Wildman–Crippen MR) is 146 cm³/mol. The average molecular weight is 566 g/mol. The first-order chi connectivity index (χ1) is 18.8. The molecule has 2 aromatic carbocycles. The van der Waals surface area contributed by atoms with Crippen LogP contribution in [0, 0.1) is 5.82 Å². The second-order valence-corrected chi connectivity index (χ2v) is 9.92. The largest absolute Gasteiger partial charge is 0.469 e. The van der Waals surface area contributed by atoms with Crippen LogP contribution in [-0.2, 0) is 31.9 Å². The number of pyridine rings is 1. The van der Waals surface area contributed by atoms with E-state index in [1.165, 1.54) is 19.2 Å². The Morgan fingerprint density at radius 2 is 1.95 bits per heavy atom. The Bertz CT molecular complexity index is 1630. The third-order valence-corrected chi connectivity index (χ3v) is 7.29. The summed E-state index contributed by atoms with van der Waals surface area (Å²) in [4.78, 5) is 46.1. The van der Waals surface area contributed by atoms with E-state index in [9.17, 15) is 18.8 Å². The average Bonchev–Trinajstić information content (AvgIpc) is 3.54. The Morgan fingerprint density at radius 1 is 1.13 bits per heavy atom. The van der Waals surface area contributed by atoms with E-state index in [4.69, 9.17) is 21.3 Å². The molecule has 0 unspecified atom stereocenters. The van der Waals surface area contributed by atoms with E-state index in [1.54, 1.807) is 41.8 Å². The van der Waals surface area contributed by atoms with Gasteiger partial charge in [0.15, 0.2) is 11.7 Å². The Labute approximate surface area is 231 Å². The number of thiazole rings is 1. The molecule has 1 aliphatic carbocycles. The number of aromatic nitrogens is 2. The van der Waals surface area contributed by atoms with E-state index in [0.29, 0.717) is 46.3 Å². The highest BCUT2D eigenvalue weighted by molar-refractivity contribution is 7.13. The van der Waals surface area contributed by atoms with Crippen LogP contribution in [-0.4, -0.2) is 41.5 Å². The number of fused-ring (bicyclic) bond motifs is 2. The zero-order valence-electron chi connectivity index (χ0n) is 20.6. The number of esters is 2. The van der Waals surface area contributed by atoms with Crippen LogP contribution in [0.4, 0.5) is 9.52 Å². The maximum atomic E-state index is 14.5. The minimum Gasteiger partial charge on any atom is -0.469 e. The number of para-hydroxylation sites is 1. The lowest BCUT2D eigenvalue weighted by molar-refractivity contribution is -0.139. The van der Waals surface area contributed by atoms with Crippen LogP contribution in [0.25, 0.3) is 22.6 Å². The van der Waals surface area contributed by atoms with Gasteiger partial charge >= 0.3 is 11.9 Å². The normalized spacial score (nSPS) is 13.4. The molecule has 1 aliphatic rings. The molecule has 39 heavy (non-hydrogen) atoms. The fourth-order valence-electron chi connectivity index (χ4n) is 4.36. The van der Waals surface area contributed by atoms with Crippen LogP contribution in [0.5, 0.6) is 0 Å². The predicted octanol–water partition coefficient (Wildman–Crippen LogP) is 5.48. The number of nitrogens with zero attached hydrogens (tertiary/aromatic N) is 2. The number of amides is 1. The summed E-state index contributed by atoms with van der Waals surface area (Å²) in [5.74, 6) is -2.14. The van der Waals surface area contributed by atoms with Crippen molar-refractivity contribution in [3.05, 3.63) is 86.8 Å². The standard InChI is InChI=1S/C28H21ClFN3O5S/c1-37-24(35)12-16-14-39-28(31-16)33-23(34)13-38-27(36)25-17-5-2-3-8-22(17)32-26-15(9-10-18(25)26)11-19-20(29)6-4-7-21(19)30/h2-8,11,14H,9-10,12-13H2,1H3,(H,31,33,34). The second kappa shape index (κ2) is 11.3. The minimum absolute atomic E-state index is 0.0162. The fourth-order valence-corrected chi connectivity index (χ4v) is 5.30. The number of rotatable bonds is 7. The highest BCUT2D eigenvalue weighted by Crippen LogP contribution is 2.38. The van der Waals surface area contributed by atoms with Crippen LogP contribution in [0.15, 0.2) is 47.8 Å². The summed E-state index contributed by atoms with van der Waals surface area (Å²) in [7, 11) is 1.28. The number of anilines is 1. The number of carbonyl (C=O) groups excluding carboxylic acids is 3. The number of benzene rings is 2. The van der Waals surface area contributed by atoms with E-state index in [0.717, 1.165) is 16.9 Å². The maximum Gasteiger partial charge on any atom is 0.339 e. The molecule has 5 rings (SSSR count). The molecule has 0 spiro atoms. The minimum atomic E-state index is -0.671. The SMILES string of the molecule is COC(=O)Cc1csc(NC(=O)COC(=O)c2c3c(nc4ccccc24)C(=Cc2c(F)cccc2Cl)CC3)n1. The second-order valence-electron chi connectivity index (χ2n) is 8.66. The Balaban J connectivity index is 1.38. The van der Waals surface area contributed by atoms with Gasteiger partial charge < -0.3 is 9.47 Å². The van der Waals surface area contributed by atoms with Crippen LogP contribution in [0.2, 0.25) is 5.02 Å². The van der Waals surface area contributed by atoms with Crippen LogP contribution in [0.3, 0.4) is 0 Å². The summed E-state index contributed by atoms with van der Waals surface area (Å²) in [6.45, 7) is -0.538. The molecule has 11 heteroatoms. The van der Waals surface area contributed by atoms with Gasteiger partial charge in [0.1, 0.15) is 5.82 Å². The van der Waals surface area contributed by atoms with Crippen molar-refractivity contribution in [1.82, 2.24) is 9.97 Å². The molecule has 0 radical (unpaired) electrons. The molecule has 0 saturated heterocycles. The lowest BCUT2D eigenvalue weighted by atomic mass is 10.0.